The topological polar surface area (TPSA) is 0 Å². The summed E-state index contributed by atoms with van der Waals surface area (Å²) in [5, 5.41) is 0. The minimum Gasteiger partial charge on any atom is -0.0649 e. The molecular weight excluding hydrogens is 119 g/mol. The van der Waals surface area contributed by atoms with E-state index < -0.39 is 0 Å². The predicted molar refractivity (Wildman–Crippen MR) is 49.4 cm³/mol. The summed E-state index contributed by atoms with van der Waals surface area (Å²) in [6.07, 6.45) is 5.38. The molecule has 0 amide bonds. The van der Waals surface area contributed by atoms with Crippen LogP contribution in [0.4, 0.5) is 0 Å². The zero-order valence-corrected chi connectivity index (χ0v) is 7.91. The zero-order chi connectivity index (χ0) is 7.33. The summed E-state index contributed by atoms with van der Waals surface area (Å²) in [5.41, 5.74) is 0.667. The molecule has 0 fully saturated rings. The van der Waals surface area contributed by atoms with Gasteiger partial charge >= 0.3 is 0 Å². The Balaban J connectivity index is 0. The van der Waals surface area contributed by atoms with Gasteiger partial charge in [-0.1, -0.05) is 53.4 Å². The second-order valence-electron chi connectivity index (χ2n) is 2.91. The Morgan fingerprint density at radius 3 is 0.900 bits per heavy atom. The number of hydrogen-bond acceptors (Lipinski definition) is 0. The van der Waals surface area contributed by atoms with Gasteiger partial charge in [-0.3, -0.25) is 0 Å². The van der Waals surface area contributed by atoms with E-state index in [2.05, 4.69) is 27.7 Å². The minimum absolute atomic E-state index is 0. The van der Waals surface area contributed by atoms with E-state index in [0.29, 0.717) is 5.41 Å². The van der Waals surface area contributed by atoms with Crippen LogP contribution in [-0.4, -0.2) is 8.41 Å². The molecular formula is C9H20B. The van der Waals surface area contributed by atoms with Crippen LogP contribution in [0.3, 0.4) is 0 Å². The summed E-state index contributed by atoms with van der Waals surface area (Å²) in [7, 11) is 0. The lowest BCUT2D eigenvalue weighted by molar-refractivity contribution is 0.240. The fraction of sp³-hybridized carbons (Fsp3) is 1.00. The Bertz CT molecular complexity index is 47.6. The first-order chi connectivity index (χ1) is 4.24. The van der Waals surface area contributed by atoms with Crippen molar-refractivity contribution in [1.82, 2.24) is 0 Å². The van der Waals surface area contributed by atoms with Crippen molar-refractivity contribution < 1.29 is 0 Å². The monoisotopic (exact) mass is 139 g/mol. The molecule has 10 heavy (non-hydrogen) atoms. The van der Waals surface area contributed by atoms with Crippen molar-refractivity contribution in [3.63, 3.8) is 0 Å². The van der Waals surface area contributed by atoms with E-state index >= 15 is 0 Å². The number of rotatable bonds is 4. The Morgan fingerprint density at radius 2 is 0.900 bits per heavy atom. The third kappa shape index (κ3) is 2.77. The van der Waals surface area contributed by atoms with Crippen molar-refractivity contribution in [3.8, 4) is 0 Å². The fourth-order valence-corrected chi connectivity index (χ4v) is 1.50. The molecule has 3 radical (unpaired) electrons. The van der Waals surface area contributed by atoms with Crippen LogP contribution in [0.2, 0.25) is 0 Å². The first-order valence-corrected chi connectivity index (χ1v) is 4.24. The Hall–Kier alpha value is 0.0649. The Labute approximate surface area is 68.0 Å². The summed E-state index contributed by atoms with van der Waals surface area (Å²) in [4.78, 5) is 0. The Kier molecular flexibility index (Phi) is 7.40. The average Bonchev–Trinajstić information content (AvgIpc) is 1.95. The predicted octanol–water partition coefficient (Wildman–Crippen LogP) is 3.23. The SMILES string of the molecule is CCC(CC)(CC)CC.[B]. The average molecular weight is 139 g/mol. The van der Waals surface area contributed by atoms with E-state index in [4.69, 9.17) is 0 Å². The fourth-order valence-electron chi connectivity index (χ4n) is 1.50. The van der Waals surface area contributed by atoms with Crippen molar-refractivity contribution >= 4 is 8.41 Å². The molecule has 0 saturated carbocycles. The van der Waals surface area contributed by atoms with Gasteiger partial charge in [-0.2, -0.15) is 0 Å². The molecule has 59 valence electrons. The normalized spacial score (nSPS) is 10.8. The van der Waals surface area contributed by atoms with Gasteiger partial charge in [0.05, 0.1) is 0 Å². The largest absolute Gasteiger partial charge is 0.0649 e. The second-order valence-corrected chi connectivity index (χ2v) is 2.91. The molecule has 0 N–H and O–H groups in total. The summed E-state index contributed by atoms with van der Waals surface area (Å²) >= 11 is 0. The lowest BCUT2D eigenvalue weighted by Gasteiger charge is -2.28. The molecule has 0 nitrogen and oxygen atoms in total. The first-order valence-electron chi connectivity index (χ1n) is 4.24. The van der Waals surface area contributed by atoms with Gasteiger partial charge in [0.25, 0.3) is 0 Å². The highest BCUT2D eigenvalue weighted by Gasteiger charge is 2.20. The molecule has 0 aliphatic rings. The molecule has 0 aliphatic carbocycles. The lowest BCUT2D eigenvalue weighted by Crippen LogP contribution is -2.15. The van der Waals surface area contributed by atoms with E-state index in [-0.39, 0.29) is 8.41 Å². The first kappa shape index (κ1) is 12.7. The van der Waals surface area contributed by atoms with Crippen LogP contribution in [-0.2, 0) is 0 Å². The molecule has 0 rings (SSSR count). The van der Waals surface area contributed by atoms with Gasteiger partial charge < -0.3 is 0 Å². The van der Waals surface area contributed by atoms with Gasteiger partial charge in [0.1, 0.15) is 0 Å². The summed E-state index contributed by atoms with van der Waals surface area (Å²) in [6, 6.07) is 0. The molecule has 0 aromatic carbocycles. The van der Waals surface area contributed by atoms with Crippen LogP contribution in [0.1, 0.15) is 53.4 Å². The van der Waals surface area contributed by atoms with E-state index in [0.717, 1.165) is 0 Å². The summed E-state index contributed by atoms with van der Waals surface area (Å²) in [6.45, 7) is 9.21. The maximum atomic E-state index is 2.30. The van der Waals surface area contributed by atoms with Gasteiger partial charge in [0.2, 0.25) is 0 Å². The van der Waals surface area contributed by atoms with Gasteiger partial charge in [-0.15, -0.1) is 0 Å². The van der Waals surface area contributed by atoms with Crippen LogP contribution < -0.4 is 0 Å². The molecule has 0 saturated heterocycles. The van der Waals surface area contributed by atoms with Gasteiger partial charge in [-0.25, -0.2) is 0 Å². The molecule has 0 heterocycles. The van der Waals surface area contributed by atoms with Crippen LogP contribution in [0, 0.1) is 5.41 Å². The van der Waals surface area contributed by atoms with E-state index in [1.165, 1.54) is 25.7 Å². The summed E-state index contributed by atoms with van der Waals surface area (Å²) in [5.74, 6) is 0. The van der Waals surface area contributed by atoms with Gasteiger partial charge in [-0.05, 0) is 5.41 Å². The van der Waals surface area contributed by atoms with Crippen LogP contribution in [0.5, 0.6) is 0 Å². The summed E-state index contributed by atoms with van der Waals surface area (Å²) < 4.78 is 0. The quantitative estimate of drug-likeness (QED) is 0.524. The van der Waals surface area contributed by atoms with Crippen LogP contribution >= 0.6 is 0 Å². The highest BCUT2D eigenvalue weighted by atomic mass is 14.3. The third-order valence-corrected chi connectivity index (χ3v) is 3.00. The van der Waals surface area contributed by atoms with Crippen LogP contribution in [0.25, 0.3) is 0 Å². The maximum absolute atomic E-state index is 2.30. The maximum Gasteiger partial charge on any atom is 0 e. The highest BCUT2D eigenvalue weighted by Crippen LogP contribution is 2.33. The van der Waals surface area contributed by atoms with Crippen molar-refractivity contribution in [3.05, 3.63) is 0 Å². The van der Waals surface area contributed by atoms with Gasteiger partial charge in [0.15, 0.2) is 0 Å². The third-order valence-electron chi connectivity index (χ3n) is 3.00. The molecule has 0 aromatic rings. The molecule has 0 aliphatic heterocycles. The van der Waals surface area contributed by atoms with Crippen molar-refractivity contribution in [2.24, 2.45) is 5.41 Å². The zero-order valence-electron chi connectivity index (χ0n) is 7.91. The minimum atomic E-state index is 0. The van der Waals surface area contributed by atoms with Crippen molar-refractivity contribution in [2.75, 3.05) is 0 Å². The molecule has 0 aromatic heterocycles. The van der Waals surface area contributed by atoms with E-state index in [1.54, 1.807) is 0 Å². The molecule has 0 unspecified atom stereocenters. The van der Waals surface area contributed by atoms with Crippen molar-refractivity contribution in [2.45, 2.75) is 53.4 Å². The standard InChI is InChI=1S/C9H20.B/c1-5-9(6-2,7-3)8-4;/h5-8H2,1-4H3;. The highest BCUT2D eigenvalue weighted by molar-refractivity contribution is 5.75. The smallest absolute Gasteiger partial charge is 0 e. The van der Waals surface area contributed by atoms with E-state index in [1.807, 2.05) is 0 Å². The number of hydrogen-bond donors (Lipinski definition) is 0. The molecule has 1 heteroatoms. The van der Waals surface area contributed by atoms with Gasteiger partial charge in [0, 0.05) is 8.41 Å². The van der Waals surface area contributed by atoms with E-state index in [9.17, 15) is 0 Å². The van der Waals surface area contributed by atoms with Crippen LogP contribution in [0.15, 0.2) is 0 Å². The molecule has 0 spiro atoms. The molecule has 0 atom stereocenters. The van der Waals surface area contributed by atoms with Crippen molar-refractivity contribution in [1.29, 1.82) is 0 Å². The second kappa shape index (κ2) is 5.82. The Morgan fingerprint density at radius 1 is 0.700 bits per heavy atom. The lowest BCUT2D eigenvalue weighted by atomic mass is 9.78. The molecule has 0 bridgehead atoms.